The van der Waals surface area contributed by atoms with Gasteiger partial charge in [-0.1, -0.05) is 0 Å². The molecule has 9 heteroatoms. The molecule has 5 rings (SSSR count). The summed E-state index contributed by atoms with van der Waals surface area (Å²) in [5, 5.41) is 7.42. The first kappa shape index (κ1) is 21.5. The van der Waals surface area contributed by atoms with Crippen molar-refractivity contribution in [2.24, 2.45) is 0 Å². The highest BCUT2D eigenvalue weighted by atomic mass is 32.1. The lowest BCUT2D eigenvalue weighted by atomic mass is 10.0. The van der Waals surface area contributed by atoms with Crippen LogP contribution in [-0.4, -0.2) is 51.9 Å². The summed E-state index contributed by atoms with van der Waals surface area (Å²) in [6.45, 7) is 8.07. The Morgan fingerprint density at radius 2 is 1.97 bits per heavy atom. The summed E-state index contributed by atoms with van der Waals surface area (Å²) in [5.74, 6) is 1.40. The maximum Gasteiger partial charge on any atom is 0.219 e. The molecule has 1 aliphatic rings. The van der Waals surface area contributed by atoms with Gasteiger partial charge in [0, 0.05) is 50.1 Å². The number of nitrogens with one attached hydrogen (secondary N) is 1. The van der Waals surface area contributed by atoms with Crippen LogP contribution in [0.1, 0.15) is 31.0 Å². The summed E-state index contributed by atoms with van der Waals surface area (Å²) in [4.78, 5) is 30.4. The molecule has 3 aromatic heterocycles. The molecule has 0 saturated carbocycles. The fourth-order valence-electron chi connectivity index (χ4n) is 4.31. The standard InChI is InChI=1S/C24H25FN6OS/c1-14-10-17-11-19(15(2)28-22-18-4-9-33-24(18)27-13-26-22)23(29-21(17)12-20(14)25)31-7-5-30(6-8-31)16(3)32/h4,9-13,15H,5-8H2,1-3H3,(H,26,27,28)/t15-/m0/s1. The van der Waals surface area contributed by atoms with Crippen molar-refractivity contribution in [2.45, 2.75) is 26.8 Å². The predicted octanol–water partition coefficient (Wildman–Crippen LogP) is 4.53. The van der Waals surface area contributed by atoms with Crippen LogP contribution in [0.3, 0.4) is 0 Å². The van der Waals surface area contributed by atoms with Crippen LogP contribution in [-0.2, 0) is 4.79 Å². The third-order valence-electron chi connectivity index (χ3n) is 6.21. The van der Waals surface area contributed by atoms with Gasteiger partial charge < -0.3 is 15.1 Å². The maximum absolute atomic E-state index is 14.3. The summed E-state index contributed by atoms with van der Waals surface area (Å²) >= 11 is 1.58. The summed E-state index contributed by atoms with van der Waals surface area (Å²) in [7, 11) is 0. The van der Waals surface area contributed by atoms with E-state index in [4.69, 9.17) is 4.98 Å². The van der Waals surface area contributed by atoms with Gasteiger partial charge in [-0.2, -0.15) is 0 Å². The van der Waals surface area contributed by atoms with Gasteiger partial charge >= 0.3 is 0 Å². The number of thiophene rings is 1. The number of carbonyl (C=O) groups is 1. The number of aromatic nitrogens is 3. The van der Waals surface area contributed by atoms with Crippen molar-refractivity contribution >= 4 is 50.0 Å². The molecule has 1 fully saturated rings. The Balaban J connectivity index is 1.55. The largest absolute Gasteiger partial charge is 0.363 e. The predicted molar refractivity (Wildman–Crippen MR) is 130 cm³/mol. The Bertz CT molecular complexity index is 1350. The molecule has 1 amide bonds. The number of fused-ring (bicyclic) bond motifs is 2. The van der Waals surface area contributed by atoms with E-state index in [0.717, 1.165) is 32.8 Å². The summed E-state index contributed by atoms with van der Waals surface area (Å²) < 4.78 is 14.3. The van der Waals surface area contributed by atoms with Crippen molar-refractivity contribution in [3.05, 3.63) is 52.9 Å². The van der Waals surface area contributed by atoms with Gasteiger partial charge in [-0.05, 0) is 43.0 Å². The Labute approximate surface area is 195 Å². The fraction of sp³-hybridized carbons (Fsp3) is 0.333. The third kappa shape index (κ3) is 4.08. The third-order valence-corrected chi connectivity index (χ3v) is 7.03. The molecule has 1 aromatic carbocycles. The van der Waals surface area contributed by atoms with Gasteiger partial charge in [0.2, 0.25) is 5.91 Å². The fourth-order valence-corrected chi connectivity index (χ4v) is 5.04. The van der Waals surface area contributed by atoms with Crippen LogP contribution in [0.15, 0.2) is 36.0 Å². The van der Waals surface area contributed by atoms with Crippen molar-refractivity contribution in [2.75, 3.05) is 36.4 Å². The summed E-state index contributed by atoms with van der Waals surface area (Å²) in [6.07, 6.45) is 1.57. The quantitative estimate of drug-likeness (QED) is 0.478. The Morgan fingerprint density at radius 1 is 1.18 bits per heavy atom. The summed E-state index contributed by atoms with van der Waals surface area (Å²) in [5.41, 5.74) is 2.22. The zero-order chi connectivity index (χ0) is 23.1. The molecule has 1 aliphatic heterocycles. The van der Waals surface area contributed by atoms with Crippen molar-refractivity contribution in [1.29, 1.82) is 0 Å². The van der Waals surface area contributed by atoms with E-state index in [0.29, 0.717) is 37.3 Å². The number of anilines is 2. The van der Waals surface area contributed by atoms with Crippen molar-refractivity contribution in [1.82, 2.24) is 19.9 Å². The normalized spacial score (nSPS) is 15.3. The van der Waals surface area contributed by atoms with Gasteiger partial charge in [0.15, 0.2) is 0 Å². The smallest absolute Gasteiger partial charge is 0.219 e. The van der Waals surface area contributed by atoms with E-state index >= 15 is 0 Å². The molecule has 0 spiro atoms. The van der Waals surface area contributed by atoms with Crippen LogP contribution in [0.5, 0.6) is 0 Å². The number of nitrogens with zero attached hydrogens (tertiary/aromatic N) is 5. The minimum absolute atomic E-state index is 0.0810. The molecular formula is C24H25FN6OS. The lowest BCUT2D eigenvalue weighted by Crippen LogP contribution is -2.48. The van der Waals surface area contributed by atoms with E-state index in [-0.39, 0.29) is 17.8 Å². The van der Waals surface area contributed by atoms with E-state index in [1.54, 1.807) is 31.5 Å². The van der Waals surface area contributed by atoms with E-state index < -0.39 is 0 Å². The maximum atomic E-state index is 14.3. The lowest BCUT2D eigenvalue weighted by molar-refractivity contribution is -0.129. The van der Waals surface area contributed by atoms with Crippen molar-refractivity contribution < 1.29 is 9.18 Å². The van der Waals surface area contributed by atoms with Gasteiger partial charge in [-0.15, -0.1) is 11.3 Å². The SMILES string of the molecule is CC(=O)N1CCN(c2nc3cc(F)c(C)cc3cc2[C@H](C)Nc2ncnc3sccc23)CC1. The number of carbonyl (C=O) groups excluding carboxylic acids is 1. The van der Waals surface area contributed by atoms with Crippen LogP contribution in [0, 0.1) is 12.7 Å². The number of pyridine rings is 1. The molecule has 4 aromatic rings. The molecule has 0 aliphatic carbocycles. The number of rotatable bonds is 4. The highest BCUT2D eigenvalue weighted by Crippen LogP contribution is 2.33. The first-order valence-electron chi connectivity index (χ1n) is 11.0. The van der Waals surface area contributed by atoms with Crippen LogP contribution in [0.4, 0.5) is 16.0 Å². The van der Waals surface area contributed by atoms with Crippen LogP contribution in [0.25, 0.3) is 21.1 Å². The highest BCUT2D eigenvalue weighted by molar-refractivity contribution is 7.16. The van der Waals surface area contributed by atoms with E-state index in [9.17, 15) is 9.18 Å². The van der Waals surface area contributed by atoms with Crippen molar-refractivity contribution in [3.63, 3.8) is 0 Å². The second kappa shape index (κ2) is 8.55. The molecule has 0 radical (unpaired) electrons. The number of piperazine rings is 1. The molecule has 0 unspecified atom stereocenters. The topological polar surface area (TPSA) is 74.2 Å². The van der Waals surface area contributed by atoms with Gasteiger partial charge in [0.25, 0.3) is 0 Å². The van der Waals surface area contributed by atoms with Crippen LogP contribution in [0.2, 0.25) is 0 Å². The summed E-state index contributed by atoms with van der Waals surface area (Å²) in [6, 6.07) is 7.34. The minimum atomic E-state index is -0.262. The number of halogens is 1. The molecule has 170 valence electrons. The van der Waals surface area contributed by atoms with E-state index in [2.05, 4.69) is 33.2 Å². The number of benzene rings is 1. The monoisotopic (exact) mass is 464 g/mol. The zero-order valence-electron chi connectivity index (χ0n) is 18.8. The second-order valence-corrected chi connectivity index (χ2v) is 9.31. The molecule has 1 saturated heterocycles. The minimum Gasteiger partial charge on any atom is -0.363 e. The van der Waals surface area contributed by atoms with Gasteiger partial charge in [-0.3, -0.25) is 4.79 Å². The average Bonchev–Trinajstić information content (AvgIpc) is 3.29. The first-order chi connectivity index (χ1) is 15.9. The number of aryl methyl sites for hydroxylation is 1. The Hall–Kier alpha value is -3.33. The van der Waals surface area contributed by atoms with E-state index in [1.165, 1.54) is 6.07 Å². The van der Waals surface area contributed by atoms with E-state index in [1.807, 2.05) is 22.4 Å². The molecule has 4 heterocycles. The van der Waals surface area contributed by atoms with Gasteiger partial charge in [-0.25, -0.2) is 19.3 Å². The van der Waals surface area contributed by atoms with Gasteiger partial charge in [0.05, 0.1) is 16.9 Å². The molecule has 33 heavy (non-hydrogen) atoms. The zero-order valence-corrected chi connectivity index (χ0v) is 19.6. The second-order valence-electron chi connectivity index (χ2n) is 8.42. The molecule has 1 N–H and O–H groups in total. The first-order valence-corrected chi connectivity index (χ1v) is 11.8. The highest BCUT2D eigenvalue weighted by Gasteiger charge is 2.25. The lowest BCUT2D eigenvalue weighted by Gasteiger charge is -2.36. The van der Waals surface area contributed by atoms with Crippen molar-refractivity contribution in [3.8, 4) is 0 Å². The molecule has 1 atom stereocenters. The van der Waals surface area contributed by atoms with Crippen LogP contribution >= 0.6 is 11.3 Å². The van der Waals surface area contributed by atoms with Crippen LogP contribution < -0.4 is 10.2 Å². The number of hydrogen-bond donors (Lipinski definition) is 1. The van der Waals surface area contributed by atoms with Gasteiger partial charge in [0.1, 0.15) is 28.6 Å². The average molecular weight is 465 g/mol. The number of amides is 1. The molecule has 0 bridgehead atoms. The molecule has 7 nitrogen and oxygen atoms in total. The Kier molecular flexibility index (Phi) is 5.57. The number of hydrogen-bond acceptors (Lipinski definition) is 7. The Morgan fingerprint density at radius 3 is 2.73 bits per heavy atom. The molecular weight excluding hydrogens is 439 g/mol.